The van der Waals surface area contributed by atoms with E-state index in [9.17, 15) is 4.79 Å². The molecule has 25 heavy (non-hydrogen) atoms. The number of aromatic amines is 2. The predicted octanol–water partition coefficient (Wildman–Crippen LogP) is 3.61. The van der Waals surface area contributed by atoms with Crippen molar-refractivity contribution >= 4 is 44.7 Å². The number of aryl methyl sites for hydroxylation is 2. The summed E-state index contributed by atoms with van der Waals surface area (Å²) in [5.74, 6) is 1.98. The maximum Gasteiger partial charge on any atom is 0.259 e. The molecule has 0 saturated heterocycles. The van der Waals surface area contributed by atoms with Crippen LogP contribution in [0, 0.1) is 0 Å². The van der Waals surface area contributed by atoms with E-state index in [1.165, 1.54) is 22.2 Å². The number of nitrogens with one attached hydrogen (secondary N) is 2. The number of thiophene rings is 2. The highest BCUT2D eigenvalue weighted by molar-refractivity contribution is 7.98. The van der Waals surface area contributed by atoms with E-state index in [0.717, 1.165) is 40.2 Å². The Morgan fingerprint density at radius 3 is 3.12 bits per heavy atom. The summed E-state index contributed by atoms with van der Waals surface area (Å²) < 4.78 is 0. The van der Waals surface area contributed by atoms with Gasteiger partial charge in [0.15, 0.2) is 5.82 Å². The monoisotopic (exact) mass is 387 g/mol. The molecule has 4 aromatic heterocycles. The molecule has 2 N–H and O–H groups in total. The Bertz CT molecular complexity index is 1110. The van der Waals surface area contributed by atoms with Gasteiger partial charge in [0.25, 0.3) is 5.56 Å². The summed E-state index contributed by atoms with van der Waals surface area (Å²) >= 11 is 4.74. The van der Waals surface area contributed by atoms with Crippen LogP contribution in [0.3, 0.4) is 0 Å². The molecule has 0 spiro atoms. The molecule has 4 heterocycles. The number of nitrogens with zero attached hydrogens (tertiary/aromatic N) is 3. The zero-order valence-corrected chi connectivity index (χ0v) is 15.5. The zero-order chi connectivity index (χ0) is 16.8. The first-order valence-electron chi connectivity index (χ1n) is 7.90. The largest absolute Gasteiger partial charge is 0.309 e. The number of aromatic nitrogens is 5. The molecule has 9 heteroatoms. The molecule has 0 saturated carbocycles. The highest BCUT2D eigenvalue weighted by Crippen LogP contribution is 2.34. The van der Waals surface area contributed by atoms with Crippen molar-refractivity contribution < 1.29 is 0 Å². The SMILES string of the molecule is O=c1[nH]c(CSc2n[nH]c(-c3cccs3)n2)nc2sc3c(c12)CCC3. The van der Waals surface area contributed by atoms with E-state index >= 15 is 0 Å². The van der Waals surface area contributed by atoms with Crippen LogP contribution in [0.15, 0.2) is 27.5 Å². The lowest BCUT2D eigenvalue weighted by molar-refractivity contribution is 0.915. The molecular formula is C16H13N5OS3. The van der Waals surface area contributed by atoms with E-state index in [1.54, 1.807) is 22.7 Å². The number of H-pyrrole nitrogens is 2. The van der Waals surface area contributed by atoms with Gasteiger partial charge >= 0.3 is 0 Å². The second-order valence-corrected chi connectivity index (χ2v) is 8.76. The molecule has 0 unspecified atom stereocenters. The van der Waals surface area contributed by atoms with Crippen molar-refractivity contribution in [3.63, 3.8) is 0 Å². The number of hydrogen-bond donors (Lipinski definition) is 2. The van der Waals surface area contributed by atoms with E-state index in [4.69, 9.17) is 0 Å². The van der Waals surface area contributed by atoms with Crippen molar-refractivity contribution in [1.29, 1.82) is 0 Å². The van der Waals surface area contributed by atoms with E-state index in [0.29, 0.717) is 16.7 Å². The Hall–Kier alpha value is -1.97. The minimum absolute atomic E-state index is 0.0192. The lowest BCUT2D eigenvalue weighted by atomic mass is 10.2. The fourth-order valence-corrected chi connectivity index (χ4v) is 5.70. The number of hydrogen-bond acceptors (Lipinski definition) is 7. The van der Waals surface area contributed by atoms with Gasteiger partial charge in [-0.1, -0.05) is 17.8 Å². The van der Waals surface area contributed by atoms with Gasteiger partial charge < -0.3 is 4.98 Å². The third-order valence-corrected chi connectivity index (χ3v) is 7.10. The van der Waals surface area contributed by atoms with Crippen LogP contribution in [0.25, 0.3) is 20.9 Å². The highest BCUT2D eigenvalue weighted by atomic mass is 32.2. The summed E-state index contributed by atoms with van der Waals surface area (Å²) in [6.07, 6.45) is 3.21. The Labute approximate surface area is 154 Å². The summed E-state index contributed by atoms with van der Waals surface area (Å²) in [7, 11) is 0. The van der Waals surface area contributed by atoms with Gasteiger partial charge in [-0.3, -0.25) is 9.89 Å². The average Bonchev–Trinajstić information content (AvgIpc) is 3.34. The molecule has 1 aliphatic rings. The highest BCUT2D eigenvalue weighted by Gasteiger charge is 2.21. The fourth-order valence-electron chi connectivity index (χ4n) is 3.08. The summed E-state index contributed by atoms with van der Waals surface area (Å²) in [4.78, 5) is 27.8. The molecule has 6 nitrogen and oxygen atoms in total. The van der Waals surface area contributed by atoms with Crippen molar-refractivity contribution in [3.8, 4) is 10.7 Å². The Morgan fingerprint density at radius 1 is 1.28 bits per heavy atom. The zero-order valence-electron chi connectivity index (χ0n) is 13.0. The molecule has 5 rings (SSSR count). The maximum atomic E-state index is 12.5. The normalized spacial score (nSPS) is 13.6. The summed E-state index contributed by atoms with van der Waals surface area (Å²) in [6, 6.07) is 3.99. The van der Waals surface area contributed by atoms with Gasteiger partial charge in [-0.05, 0) is 36.3 Å². The first kappa shape index (κ1) is 15.3. The molecule has 0 aliphatic heterocycles. The second kappa shape index (κ2) is 6.08. The fraction of sp³-hybridized carbons (Fsp3) is 0.250. The Balaban J connectivity index is 1.39. The smallest absolute Gasteiger partial charge is 0.259 e. The number of fused-ring (bicyclic) bond motifs is 3. The topological polar surface area (TPSA) is 87.3 Å². The first-order chi connectivity index (χ1) is 12.3. The molecule has 0 aromatic carbocycles. The van der Waals surface area contributed by atoms with Crippen molar-refractivity contribution in [1.82, 2.24) is 25.1 Å². The van der Waals surface area contributed by atoms with Crippen molar-refractivity contribution in [2.45, 2.75) is 30.2 Å². The summed E-state index contributed by atoms with van der Waals surface area (Å²) in [6.45, 7) is 0. The summed E-state index contributed by atoms with van der Waals surface area (Å²) in [5, 5.41) is 10.6. The van der Waals surface area contributed by atoms with Crippen LogP contribution in [-0.2, 0) is 18.6 Å². The average molecular weight is 388 g/mol. The van der Waals surface area contributed by atoms with E-state index in [1.807, 2.05) is 17.5 Å². The van der Waals surface area contributed by atoms with Crippen LogP contribution in [0.2, 0.25) is 0 Å². The van der Waals surface area contributed by atoms with Crippen LogP contribution >= 0.6 is 34.4 Å². The van der Waals surface area contributed by atoms with Crippen molar-refractivity contribution in [2.75, 3.05) is 0 Å². The van der Waals surface area contributed by atoms with Crippen molar-refractivity contribution in [3.05, 3.63) is 44.1 Å². The van der Waals surface area contributed by atoms with Crippen LogP contribution in [0.4, 0.5) is 0 Å². The van der Waals surface area contributed by atoms with Gasteiger partial charge in [-0.15, -0.1) is 27.8 Å². The molecule has 0 atom stereocenters. The molecule has 0 bridgehead atoms. The quantitative estimate of drug-likeness (QED) is 0.522. The van der Waals surface area contributed by atoms with Gasteiger partial charge in [0.1, 0.15) is 10.7 Å². The number of rotatable bonds is 4. The Kier molecular flexibility index (Phi) is 3.72. The van der Waals surface area contributed by atoms with Gasteiger partial charge in [0.05, 0.1) is 16.0 Å². The molecule has 0 radical (unpaired) electrons. The van der Waals surface area contributed by atoms with E-state index < -0.39 is 0 Å². The minimum Gasteiger partial charge on any atom is -0.309 e. The molecule has 1 aliphatic carbocycles. The molecule has 126 valence electrons. The van der Waals surface area contributed by atoms with Gasteiger partial charge in [-0.2, -0.15) is 0 Å². The summed E-state index contributed by atoms with van der Waals surface area (Å²) in [5.41, 5.74) is 1.19. The van der Waals surface area contributed by atoms with Gasteiger partial charge in [0.2, 0.25) is 5.16 Å². The molecular weight excluding hydrogens is 374 g/mol. The molecule has 0 amide bonds. The van der Waals surface area contributed by atoms with Crippen molar-refractivity contribution in [2.24, 2.45) is 0 Å². The Morgan fingerprint density at radius 2 is 2.24 bits per heavy atom. The lowest BCUT2D eigenvalue weighted by Gasteiger charge is -1.99. The van der Waals surface area contributed by atoms with Crippen LogP contribution < -0.4 is 5.56 Å². The third kappa shape index (κ3) is 2.72. The lowest BCUT2D eigenvalue weighted by Crippen LogP contribution is -2.11. The molecule has 0 fully saturated rings. The van der Waals surface area contributed by atoms with Crippen LogP contribution in [0.5, 0.6) is 0 Å². The standard InChI is InChI=1S/C16H13N5OS3/c22-14-12-8-3-1-4-9(8)25-15(12)18-11(17-14)7-24-16-19-13(20-21-16)10-5-2-6-23-10/h2,5-6H,1,3-4,7H2,(H,17,18,22)(H,19,20,21). The van der Waals surface area contributed by atoms with Crippen LogP contribution in [0.1, 0.15) is 22.7 Å². The predicted molar refractivity (Wildman–Crippen MR) is 102 cm³/mol. The first-order valence-corrected chi connectivity index (χ1v) is 10.6. The second-order valence-electron chi connectivity index (χ2n) is 5.78. The third-order valence-electron chi connectivity index (χ3n) is 4.18. The van der Waals surface area contributed by atoms with Gasteiger partial charge in [0, 0.05) is 4.88 Å². The van der Waals surface area contributed by atoms with Gasteiger partial charge in [-0.25, -0.2) is 9.97 Å². The minimum atomic E-state index is -0.0192. The maximum absolute atomic E-state index is 12.5. The number of thioether (sulfide) groups is 1. The van der Waals surface area contributed by atoms with E-state index in [-0.39, 0.29) is 5.56 Å². The molecule has 4 aromatic rings. The van der Waals surface area contributed by atoms with E-state index in [2.05, 4.69) is 25.1 Å². The van der Waals surface area contributed by atoms with Crippen LogP contribution in [-0.4, -0.2) is 25.1 Å².